The molecule has 2 unspecified atom stereocenters. The molecule has 3 nitrogen and oxygen atoms in total. The van der Waals surface area contributed by atoms with Crippen molar-refractivity contribution in [2.24, 2.45) is 0 Å². The van der Waals surface area contributed by atoms with Crippen LogP contribution in [0, 0.1) is 6.92 Å². The second-order valence-corrected chi connectivity index (χ2v) is 6.71. The standard InChI is InChI=1S/C11H19N3S2/c1-8(11-6-13-14-9(11)2)12-5-10-7-15-3-4-16-10/h6,8,10,12H,3-5,7H2,1-2H3,(H,13,14). The average molecular weight is 257 g/mol. The van der Waals surface area contributed by atoms with Gasteiger partial charge in [-0.25, -0.2) is 0 Å². The summed E-state index contributed by atoms with van der Waals surface area (Å²) < 4.78 is 0. The third-order valence-electron chi connectivity index (χ3n) is 2.87. The molecule has 1 aliphatic heterocycles. The van der Waals surface area contributed by atoms with Crippen LogP contribution >= 0.6 is 23.5 Å². The van der Waals surface area contributed by atoms with Crippen LogP contribution in [0.3, 0.4) is 0 Å². The maximum absolute atomic E-state index is 4.06. The van der Waals surface area contributed by atoms with Crippen LogP contribution in [0.25, 0.3) is 0 Å². The highest BCUT2D eigenvalue weighted by Gasteiger charge is 2.16. The van der Waals surface area contributed by atoms with E-state index in [1.807, 2.05) is 6.20 Å². The van der Waals surface area contributed by atoms with Gasteiger partial charge in [-0.3, -0.25) is 5.10 Å². The minimum Gasteiger partial charge on any atom is -0.309 e. The van der Waals surface area contributed by atoms with Crippen LogP contribution in [-0.4, -0.2) is 39.3 Å². The Hall–Kier alpha value is -0.130. The molecule has 0 aliphatic carbocycles. The van der Waals surface area contributed by atoms with Gasteiger partial charge in [-0.15, -0.1) is 0 Å². The Morgan fingerprint density at radius 3 is 3.12 bits per heavy atom. The number of H-pyrrole nitrogens is 1. The minimum atomic E-state index is 0.395. The number of rotatable bonds is 4. The predicted molar refractivity (Wildman–Crippen MR) is 73.3 cm³/mol. The Bertz CT molecular complexity index is 321. The normalized spacial score (nSPS) is 23.2. The Labute approximate surface area is 106 Å². The van der Waals surface area contributed by atoms with Gasteiger partial charge in [0.1, 0.15) is 0 Å². The molecule has 1 saturated heterocycles. The molecule has 0 spiro atoms. The van der Waals surface area contributed by atoms with Crippen LogP contribution in [0.1, 0.15) is 24.2 Å². The molecule has 0 amide bonds. The van der Waals surface area contributed by atoms with Gasteiger partial charge in [-0.2, -0.15) is 28.6 Å². The molecule has 0 radical (unpaired) electrons. The molecule has 1 aliphatic rings. The fraction of sp³-hybridized carbons (Fsp3) is 0.727. The molecular formula is C11H19N3S2. The summed E-state index contributed by atoms with van der Waals surface area (Å²) in [6, 6.07) is 0.395. The molecule has 0 saturated carbocycles. The molecule has 2 rings (SSSR count). The number of aromatic amines is 1. The summed E-state index contributed by atoms with van der Waals surface area (Å²) in [5.74, 6) is 3.91. The van der Waals surface area contributed by atoms with Gasteiger partial charge in [0.05, 0.1) is 6.20 Å². The lowest BCUT2D eigenvalue weighted by atomic mass is 10.1. The zero-order chi connectivity index (χ0) is 11.4. The topological polar surface area (TPSA) is 40.7 Å². The zero-order valence-electron chi connectivity index (χ0n) is 9.82. The summed E-state index contributed by atoms with van der Waals surface area (Å²) in [6.45, 7) is 5.38. The molecule has 1 fully saturated rings. The monoisotopic (exact) mass is 257 g/mol. The number of nitrogens with one attached hydrogen (secondary N) is 2. The Balaban J connectivity index is 1.79. The van der Waals surface area contributed by atoms with E-state index in [0.717, 1.165) is 11.8 Å². The SMILES string of the molecule is Cc1[nH]ncc1C(C)NCC1CSCCS1. The highest BCUT2D eigenvalue weighted by Crippen LogP contribution is 2.24. The average Bonchev–Trinajstić information content (AvgIpc) is 2.74. The van der Waals surface area contributed by atoms with Crippen molar-refractivity contribution in [3.8, 4) is 0 Å². The van der Waals surface area contributed by atoms with Crippen LogP contribution in [0.5, 0.6) is 0 Å². The molecule has 2 heterocycles. The Morgan fingerprint density at radius 1 is 1.62 bits per heavy atom. The van der Waals surface area contributed by atoms with E-state index in [2.05, 4.69) is 52.9 Å². The van der Waals surface area contributed by atoms with Gasteiger partial charge in [-0.1, -0.05) is 0 Å². The lowest BCUT2D eigenvalue weighted by Crippen LogP contribution is -2.30. The smallest absolute Gasteiger partial charge is 0.0537 e. The van der Waals surface area contributed by atoms with Crippen molar-refractivity contribution < 1.29 is 0 Å². The summed E-state index contributed by atoms with van der Waals surface area (Å²) in [5.41, 5.74) is 2.46. The molecule has 0 aromatic carbocycles. The summed E-state index contributed by atoms with van der Waals surface area (Å²) in [6.07, 6.45) is 1.93. The van der Waals surface area contributed by atoms with Gasteiger partial charge in [0.25, 0.3) is 0 Å². The quantitative estimate of drug-likeness (QED) is 0.868. The van der Waals surface area contributed by atoms with Crippen LogP contribution < -0.4 is 5.32 Å². The summed E-state index contributed by atoms with van der Waals surface area (Å²) in [7, 11) is 0. The van der Waals surface area contributed by atoms with Crippen molar-refractivity contribution in [3.05, 3.63) is 17.5 Å². The van der Waals surface area contributed by atoms with Crippen molar-refractivity contribution >= 4 is 23.5 Å². The first kappa shape index (κ1) is 12.3. The first-order chi connectivity index (χ1) is 7.77. The van der Waals surface area contributed by atoms with E-state index in [-0.39, 0.29) is 0 Å². The van der Waals surface area contributed by atoms with E-state index in [1.54, 1.807) is 0 Å². The molecule has 1 aromatic heterocycles. The van der Waals surface area contributed by atoms with E-state index in [4.69, 9.17) is 0 Å². The van der Waals surface area contributed by atoms with E-state index < -0.39 is 0 Å². The number of aryl methyl sites for hydroxylation is 1. The van der Waals surface area contributed by atoms with E-state index in [0.29, 0.717) is 6.04 Å². The predicted octanol–water partition coefficient (Wildman–Crippen LogP) is 2.22. The maximum Gasteiger partial charge on any atom is 0.0537 e. The number of hydrogen-bond donors (Lipinski definition) is 2. The van der Waals surface area contributed by atoms with Crippen LogP contribution in [-0.2, 0) is 0 Å². The van der Waals surface area contributed by atoms with Crippen LogP contribution in [0.4, 0.5) is 0 Å². The summed E-state index contributed by atoms with van der Waals surface area (Å²) in [5, 5.41) is 11.4. The van der Waals surface area contributed by atoms with Gasteiger partial charge >= 0.3 is 0 Å². The van der Waals surface area contributed by atoms with Crippen molar-refractivity contribution in [3.63, 3.8) is 0 Å². The van der Waals surface area contributed by atoms with Gasteiger partial charge < -0.3 is 5.32 Å². The molecule has 2 atom stereocenters. The fourth-order valence-electron chi connectivity index (χ4n) is 1.87. The first-order valence-electron chi connectivity index (χ1n) is 5.70. The molecule has 2 N–H and O–H groups in total. The van der Waals surface area contributed by atoms with Crippen molar-refractivity contribution in [1.29, 1.82) is 0 Å². The molecular weight excluding hydrogens is 238 g/mol. The highest BCUT2D eigenvalue weighted by molar-refractivity contribution is 8.06. The van der Waals surface area contributed by atoms with Crippen molar-refractivity contribution in [2.45, 2.75) is 25.1 Å². The van der Waals surface area contributed by atoms with E-state index in [9.17, 15) is 0 Å². The molecule has 16 heavy (non-hydrogen) atoms. The maximum atomic E-state index is 4.06. The van der Waals surface area contributed by atoms with Gasteiger partial charge in [0.2, 0.25) is 0 Å². The molecule has 0 bridgehead atoms. The van der Waals surface area contributed by atoms with Crippen LogP contribution in [0.15, 0.2) is 6.20 Å². The van der Waals surface area contributed by atoms with E-state index >= 15 is 0 Å². The number of aromatic nitrogens is 2. The lowest BCUT2D eigenvalue weighted by molar-refractivity contribution is 0.575. The van der Waals surface area contributed by atoms with Gasteiger partial charge in [0.15, 0.2) is 0 Å². The van der Waals surface area contributed by atoms with Gasteiger partial charge in [-0.05, 0) is 13.8 Å². The first-order valence-corrected chi connectivity index (χ1v) is 7.90. The second-order valence-electron chi connectivity index (χ2n) is 4.15. The lowest BCUT2D eigenvalue weighted by Gasteiger charge is -2.23. The Kier molecular flexibility index (Phi) is 4.61. The molecule has 5 heteroatoms. The highest BCUT2D eigenvalue weighted by atomic mass is 32.2. The zero-order valence-corrected chi connectivity index (χ0v) is 11.5. The number of thioether (sulfide) groups is 2. The third kappa shape index (κ3) is 3.18. The van der Waals surface area contributed by atoms with Crippen LogP contribution in [0.2, 0.25) is 0 Å². The van der Waals surface area contributed by atoms with E-state index in [1.165, 1.54) is 28.5 Å². The van der Waals surface area contributed by atoms with Crippen molar-refractivity contribution in [2.75, 3.05) is 23.8 Å². The second kappa shape index (κ2) is 5.98. The van der Waals surface area contributed by atoms with Gasteiger partial charge in [0, 0.05) is 46.4 Å². The summed E-state index contributed by atoms with van der Waals surface area (Å²) in [4.78, 5) is 0. The largest absolute Gasteiger partial charge is 0.309 e. The fourth-order valence-corrected chi connectivity index (χ4v) is 4.49. The Morgan fingerprint density at radius 2 is 2.50 bits per heavy atom. The third-order valence-corrected chi connectivity index (χ3v) is 5.72. The minimum absolute atomic E-state index is 0.395. The van der Waals surface area contributed by atoms with Crippen molar-refractivity contribution in [1.82, 2.24) is 15.5 Å². The molecule has 1 aromatic rings. The molecule has 90 valence electrons. The number of hydrogen-bond acceptors (Lipinski definition) is 4. The summed E-state index contributed by atoms with van der Waals surface area (Å²) >= 11 is 4.18. The number of nitrogens with zero attached hydrogens (tertiary/aromatic N) is 1.